The Balaban J connectivity index is 2.04. The highest BCUT2D eigenvalue weighted by Gasteiger charge is 2.13. The van der Waals surface area contributed by atoms with Gasteiger partial charge in [0.1, 0.15) is 10.5 Å². The SMILES string of the molecule is CN(C)CCCSc1nc(SCCCN(C)C)c2c(ncn2C)n1. The van der Waals surface area contributed by atoms with E-state index in [1.807, 2.05) is 29.7 Å². The van der Waals surface area contributed by atoms with Crippen molar-refractivity contribution in [3.63, 3.8) is 0 Å². The first kappa shape index (κ1) is 19.5. The van der Waals surface area contributed by atoms with Gasteiger partial charge in [0, 0.05) is 18.6 Å². The third-order valence-electron chi connectivity index (χ3n) is 3.49. The van der Waals surface area contributed by atoms with Crippen molar-refractivity contribution in [2.24, 2.45) is 7.05 Å². The Morgan fingerprint density at radius 1 is 0.958 bits per heavy atom. The number of thioether (sulfide) groups is 2. The van der Waals surface area contributed by atoms with E-state index in [1.54, 1.807) is 11.8 Å². The van der Waals surface area contributed by atoms with Crippen LogP contribution >= 0.6 is 23.5 Å². The van der Waals surface area contributed by atoms with E-state index in [-0.39, 0.29) is 0 Å². The number of hydrogen-bond acceptors (Lipinski definition) is 7. The number of fused-ring (bicyclic) bond motifs is 1. The van der Waals surface area contributed by atoms with E-state index in [0.717, 1.165) is 58.8 Å². The molecule has 2 heterocycles. The molecule has 0 unspecified atom stereocenters. The lowest BCUT2D eigenvalue weighted by molar-refractivity contribution is 0.410. The van der Waals surface area contributed by atoms with Crippen LogP contribution in [0.3, 0.4) is 0 Å². The van der Waals surface area contributed by atoms with Crippen LogP contribution in [0.2, 0.25) is 0 Å². The molecule has 0 saturated carbocycles. The summed E-state index contributed by atoms with van der Waals surface area (Å²) in [6.07, 6.45) is 4.10. The van der Waals surface area contributed by atoms with Crippen molar-refractivity contribution in [3.8, 4) is 0 Å². The minimum atomic E-state index is 0.803. The number of aryl methyl sites for hydroxylation is 1. The second kappa shape index (κ2) is 9.60. The van der Waals surface area contributed by atoms with Gasteiger partial charge in [0.25, 0.3) is 0 Å². The highest BCUT2D eigenvalue weighted by atomic mass is 32.2. The molecule has 0 N–H and O–H groups in total. The smallest absolute Gasteiger partial charge is 0.190 e. The van der Waals surface area contributed by atoms with E-state index in [2.05, 4.69) is 48.0 Å². The molecule has 2 rings (SSSR count). The lowest BCUT2D eigenvalue weighted by Crippen LogP contribution is -2.13. The van der Waals surface area contributed by atoms with Gasteiger partial charge in [0.2, 0.25) is 0 Å². The summed E-state index contributed by atoms with van der Waals surface area (Å²) in [5.74, 6) is 2.08. The predicted octanol–water partition coefficient (Wildman–Crippen LogP) is 2.45. The number of rotatable bonds is 10. The van der Waals surface area contributed by atoms with Crippen LogP contribution in [0, 0.1) is 0 Å². The average Bonchev–Trinajstić information content (AvgIpc) is 2.89. The van der Waals surface area contributed by atoms with Gasteiger partial charge in [-0.05, 0) is 54.1 Å². The first-order chi connectivity index (χ1) is 11.5. The fraction of sp³-hybridized carbons (Fsp3) is 0.688. The molecule has 134 valence electrons. The zero-order valence-corrected chi connectivity index (χ0v) is 17.0. The highest BCUT2D eigenvalue weighted by Crippen LogP contribution is 2.28. The van der Waals surface area contributed by atoms with Crippen LogP contribution in [0.4, 0.5) is 0 Å². The normalized spacial score (nSPS) is 12.0. The summed E-state index contributed by atoms with van der Waals surface area (Å²) in [5, 5.41) is 1.89. The van der Waals surface area contributed by atoms with Crippen molar-refractivity contribution in [1.29, 1.82) is 0 Å². The van der Waals surface area contributed by atoms with E-state index in [0.29, 0.717) is 0 Å². The van der Waals surface area contributed by atoms with Crippen molar-refractivity contribution in [3.05, 3.63) is 6.33 Å². The lowest BCUT2D eigenvalue weighted by Gasteiger charge is -2.10. The van der Waals surface area contributed by atoms with Crippen LogP contribution in [0.1, 0.15) is 12.8 Å². The van der Waals surface area contributed by atoms with Gasteiger partial charge in [-0.25, -0.2) is 15.0 Å². The molecular formula is C16H28N6S2. The van der Waals surface area contributed by atoms with Gasteiger partial charge in [0.15, 0.2) is 10.8 Å². The van der Waals surface area contributed by atoms with Crippen molar-refractivity contribution < 1.29 is 0 Å². The van der Waals surface area contributed by atoms with Crippen LogP contribution in [0.15, 0.2) is 16.5 Å². The Hall–Kier alpha value is -0.830. The summed E-state index contributed by atoms with van der Waals surface area (Å²) in [7, 11) is 10.4. The number of aromatic nitrogens is 4. The molecule has 6 nitrogen and oxygen atoms in total. The number of nitrogens with zero attached hydrogens (tertiary/aromatic N) is 6. The molecule has 0 bridgehead atoms. The molecule has 24 heavy (non-hydrogen) atoms. The highest BCUT2D eigenvalue weighted by molar-refractivity contribution is 7.99. The van der Waals surface area contributed by atoms with Crippen LogP contribution in [0.5, 0.6) is 0 Å². The maximum Gasteiger partial charge on any atom is 0.190 e. The zero-order valence-electron chi connectivity index (χ0n) is 15.3. The molecule has 0 fully saturated rings. The Morgan fingerprint density at radius 3 is 2.21 bits per heavy atom. The predicted molar refractivity (Wildman–Crippen MR) is 104 cm³/mol. The zero-order chi connectivity index (χ0) is 17.5. The topological polar surface area (TPSA) is 50.1 Å². The fourth-order valence-corrected chi connectivity index (χ4v) is 4.07. The van der Waals surface area contributed by atoms with Crippen molar-refractivity contribution >= 4 is 34.7 Å². The molecule has 0 aliphatic heterocycles. The summed E-state index contributed by atoms with van der Waals surface area (Å²) in [6.45, 7) is 2.18. The molecule has 0 radical (unpaired) electrons. The summed E-state index contributed by atoms with van der Waals surface area (Å²) >= 11 is 3.53. The Labute approximate surface area is 153 Å². The summed E-state index contributed by atoms with van der Waals surface area (Å²) in [4.78, 5) is 18.2. The first-order valence-electron chi connectivity index (χ1n) is 8.21. The van der Waals surface area contributed by atoms with Crippen molar-refractivity contribution in [2.45, 2.75) is 23.0 Å². The number of hydrogen-bond donors (Lipinski definition) is 0. The Kier molecular flexibility index (Phi) is 7.80. The average molecular weight is 369 g/mol. The standard InChI is InChI=1S/C16H28N6S2/c1-20(2)8-6-10-23-15-13-14(17-12-22(13)5)18-16(19-15)24-11-7-9-21(3)4/h12H,6-11H2,1-5H3. The molecule has 0 spiro atoms. The monoisotopic (exact) mass is 368 g/mol. The molecule has 0 aliphatic carbocycles. The second-order valence-corrected chi connectivity index (χ2v) is 8.50. The van der Waals surface area contributed by atoms with Crippen LogP contribution in [0.25, 0.3) is 11.2 Å². The van der Waals surface area contributed by atoms with E-state index in [9.17, 15) is 0 Å². The summed E-state index contributed by atoms with van der Waals surface area (Å²) < 4.78 is 2.02. The molecular weight excluding hydrogens is 340 g/mol. The van der Waals surface area contributed by atoms with E-state index < -0.39 is 0 Å². The van der Waals surface area contributed by atoms with Crippen molar-refractivity contribution in [2.75, 3.05) is 52.8 Å². The van der Waals surface area contributed by atoms with E-state index >= 15 is 0 Å². The molecule has 2 aromatic heterocycles. The van der Waals surface area contributed by atoms with Gasteiger partial charge in [-0.1, -0.05) is 11.8 Å². The second-order valence-electron chi connectivity index (χ2n) is 6.35. The van der Waals surface area contributed by atoms with E-state index in [1.165, 1.54) is 0 Å². The molecule has 8 heteroatoms. The van der Waals surface area contributed by atoms with Gasteiger partial charge < -0.3 is 14.4 Å². The maximum absolute atomic E-state index is 4.79. The van der Waals surface area contributed by atoms with Gasteiger partial charge in [0.05, 0.1) is 6.33 Å². The first-order valence-corrected chi connectivity index (χ1v) is 10.2. The largest absolute Gasteiger partial charge is 0.330 e. The molecule has 0 aromatic carbocycles. The maximum atomic E-state index is 4.79. The Bertz CT molecular complexity index is 641. The third kappa shape index (κ3) is 5.91. The van der Waals surface area contributed by atoms with Crippen molar-refractivity contribution in [1.82, 2.24) is 29.3 Å². The van der Waals surface area contributed by atoms with Crippen LogP contribution in [-0.4, -0.2) is 82.1 Å². The van der Waals surface area contributed by atoms with Gasteiger partial charge in [-0.3, -0.25) is 0 Å². The molecule has 0 aliphatic rings. The summed E-state index contributed by atoms with van der Waals surface area (Å²) in [6, 6.07) is 0. The van der Waals surface area contributed by atoms with Gasteiger partial charge in [-0.2, -0.15) is 0 Å². The molecule has 2 aromatic rings. The number of imidazole rings is 1. The minimum absolute atomic E-state index is 0.803. The summed E-state index contributed by atoms with van der Waals surface area (Å²) in [5.41, 5.74) is 1.85. The van der Waals surface area contributed by atoms with Crippen LogP contribution in [-0.2, 0) is 7.05 Å². The lowest BCUT2D eigenvalue weighted by atomic mass is 10.5. The molecule has 0 saturated heterocycles. The molecule has 0 atom stereocenters. The third-order valence-corrected chi connectivity index (χ3v) is 5.47. The van der Waals surface area contributed by atoms with E-state index in [4.69, 9.17) is 4.98 Å². The fourth-order valence-electron chi connectivity index (χ4n) is 2.26. The molecule has 0 amide bonds. The van der Waals surface area contributed by atoms with Gasteiger partial charge >= 0.3 is 0 Å². The van der Waals surface area contributed by atoms with Gasteiger partial charge in [-0.15, -0.1) is 11.8 Å². The minimum Gasteiger partial charge on any atom is -0.330 e. The Morgan fingerprint density at radius 2 is 1.58 bits per heavy atom. The quantitative estimate of drug-likeness (QED) is 0.276. The van der Waals surface area contributed by atoms with Crippen LogP contribution < -0.4 is 0 Å².